The fourth-order valence-corrected chi connectivity index (χ4v) is 1.61. The normalized spacial score (nSPS) is 31.4. The summed E-state index contributed by atoms with van der Waals surface area (Å²) in [6.45, 7) is 4.61. The lowest BCUT2D eigenvalue weighted by Gasteiger charge is -2.33. The van der Waals surface area contributed by atoms with Crippen molar-refractivity contribution < 1.29 is 4.39 Å². The predicted octanol–water partition coefficient (Wildman–Crippen LogP) is 2.27. The van der Waals surface area contributed by atoms with Crippen LogP contribution in [-0.4, -0.2) is 18.3 Å². The van der Waals surface area contributed by atoms with Gasteiger partial charge in [-0.1, -0.05) is 13.3 Å². The van der Waals surface area contributed by atoms with E-state index in [1.54, 1.807) is 6.92 Å². The quantitative estimate of drug-likeness (QED) is 0.651. The van der Waals surface area contributed by atoms with Crippen molar-refractivity contribution in [1.82, 2.24) is 5.32 Å². The summed E-state index contributed by atoms with van der Waals surface area (Å²) in [5.41, 5.74) is -1.000. The summed E-state index contributed by atoms with van der Waals surface area (Å²) >= 11 is 0. The first-order chi connectivity index (χ1) is 5.17. The standard InChI is InChI=1S/C9H18FN/c1-3-9(2,10)8-6-4-5-7-11-8/h8,11H,3-7H2,1-2H3. The summed E-state index contributed by atoms with van der Waals surface area (Å²) in [5.74, 6) is 0. The van der Waals surface area contributed by atoms with Crippen molar-refractivity contribution in [3.63, 3.8) is 0 Å². The van der Waals surface area contributed by atoms with Crippen LogP contribution in [0.2, 0.25) is 0 Å². The van der Waals surface area contributed by atoms with Gasteiger partial charge in [0.2, 0.25) is 0 Å². The predicted molar refractivity (Wildman–Crippen MR) is 45.4 cm³/mol. The highest BCUT2D eigenvalue weighted by atomic mass is 19.1. The molecule has 0 radical (unpaired) electrons. The highest BCUT2D eigenvalue weighted by Crippen LogP contribution is 2.25. The monoisotopic (exact) mass is 159 g/mol. The number of alkyl halides is 1. The molecule has 1 rings (SSSR count). The Morgan fingerprint density at radius 2 is 2.27 bits per heavy atom. The minimum absolute atomic E-state index is 0.0984. The number of nitrogens with one attached hydrogen (secondary N) is 1. The van der Waals surface area contributed by atoms with Crippen LogP contribution >= 0.6 is 0 Å². The molecule has 0 bridgehead atoms. The van der Waals surface area contributed by atoms with E-state index in [-0.39, 0.29) is 6.04 Å². The molecule has 1 aliphatic rings. The molecule has 1 fully saturated rings. The average Bonchev–Trinajstić information content (AvgIpc) is 2.06. The van der Waals surface area contributed by atoms with Gasteiger partial charge in [0, 0.05) is 6.04 Å². The topological polar surface area (TPSA) is 12.0 Å². The molecule has 66 valence electrons. The van der Waals surface area contributed by atoms with E-state index in [1.807, 2.05) is 6.92 Å². The minimum Gasteiger partial charge on any atom is -0.311 e. The Kier molecular flexibility index (Phi) is 2.88. The number of piperidine rings is 1. The molecule has 0 aromatic heterocycles. The van der Waals surface area contributed by atoms with Gasteiger partial charge in [-0.2, -0.15) is 0 Å². The molecule has 0 aromatic carbocycles. The Morgan fingerprint density at radius 3 is 2.73 bits per heavy atom. The van der Waals surface area contributed by atoms with Gasteiger partial charge in [0.05, 0.1) is 0 Å². The summed E-state index contributed by atoms with van der Waals surface area (Å²) in [5, 5.41) is 3.24. The second-order valence-electron chi connectivity index (χ2n) is 3.63. The molecule has 11 heavy (non-hydrogen) atoms. The molecule has 2 atom stereocenters. The molecule has 0 spiro atoms. The maximum atomic E-state index is 13.6. The largest absolute Gasteiger partial charge is 0.311 e. The van der Waals surface area contributed by atoms with Gasteiger partial charge >= 0.3 is 0 Å². The fourth-order valence-electron chi connectivity index (χ4n) is 1.61. The molecule has 0 aliphatic carbocycles. The molecule has 0 aromatic rings. The van der Waals surface area contributed by atoms with Crippen LogP contribution in [0, 0.1) is 0 Å². The summed E-state index contributed by atoms with van der Waals surface area (Å²) in [7, 11) is 0. The smallest absolute Gasteiger partial charge is 0.123 e. The van der Waals surface area contributed by atoms with Crippen molar-refractivity contribution in [2.24, 2.45) is 0 Å². The Hall–Kier alpha value is -0.110. The third-order valence-corrected chi connectivity index (χ3v) is 2.73. The van der Waals surface area contributed by atoms with Gasteiger partial charge in [0.1, 0.15) is 5.67 Å². The molecule has 0 amide bonds. The zero-order valence-electron chi connectivity index (χ0n) is 7.49. The Balaban J connectivity index is 2.43. The summed E-state index contributed by atoms with van der Waals surface area (Å²) in [4.78, 5) is 0. The zero-order valence-corrected chi connectivity index (χ0v) is 7.49. The molecule has 1 N–H and O–H groups in total. The van der Waals surface area contributed by atoms with Gasteiger partial charge < -0.3 is 5.32 Å². The first kappa shape index (κ1) is 8.98. The maximum Gasteiger partial charge on any atom is 0.123 e. The van der Waals surface area contributed by atoms with Crippen molar-refractivity contribution in [1.29, 1.82) is 0 Å². The van der Waals surface area contributed by atoms with E-state index < -0.39 is 5.67 Å². The van der Waals surface area contributed by atoms with Crippen molar-refractivity contribution in [2.75, 3.05) is 6.54 Å². The average molecular weight is 159 g/mol. The second-order valence-corrected chi connectivity index (χ2v) is 3.63. The molecule has 1 heterocycles. The highest BCUT2D eigenvalue weighted by molar-refractivity contribution is 4.89. The highest BCUT2D eigenvalue weighted by Gasteiger charge is 2.32. The maximum absolute atomic E-state index is 13.6. The summed E-state index contributed by atoms with van der Waals surface area (Å²) in [6.07, 6.45) is 4.00. The van der Waals surface area contributed by atoms with E-state index in [0.717, 1.165) is 13.0 Å². The van der Waals surface area contributed by atoms with Gasteiger partial charge in [-0.15, -0.1) is 0 Å². The van der Waals surface area contributed by atoms with Crippen molar-refractivity contribution >= 4 is 0 Å². The second kappa shape index (κ2) is 3.53. The number of hydrogen-bond donors (Lipinski definition) is 1. The van der Waals surface area contributed by atoms with Crippen LogP contribution in [0.3, 0.4) is 0 Å². The molecular formula is C9H18FN. The van der Waals surface area contributed by atoms with Gasteiger partial charge in [-0.05, 0) is 32.7 Å². The van der Waals surface area contributed by atoms with Crippen LogP contribution in [0.1, 0.15) is 39.5 Å². The van der Waals surface area contributed by atoms with Crippen LogP contribution in [0.4, 0.5) is 4.39 Å². The summed E-state index contributed by atoms with van der Waals surface area (Å²) < 4.78 is 13.6. The lowest BCUT2D eigenvalue weighted by molar-refractivity contribution is 0.104. The Labute approximate surface area is 68.4 Å². The SMILES string of the molecule is CCC(C)(F)C1CCCCN1. The zero-order chi connectivity index (χ0) is 8.32. The number of halogens is 1. The number of hydrogen-bond acceptors (Lipinski definition) is 1. The van der Waals surface area contributed by atoms with Crippen molar-refractivity contribution in [3.05, 3.63) is 0 Å². The fraction of sp³-hybridized carbons (Fsp3) is 1.00. The molecule has 0 saturated carbocycles. The molecule has 2 heteroatoms. The van der Waals surface area contributed by atoms with Crippen LogP contribution in [0.15, 0.2) is 0 Å². The molecule has 2 unspecified atom stereocenters. The van der Waals surface area contributed by atoms with Crippen LogP contribution < -0.4 is 5.32 Å². The molecule has 1 aliphatic heterocycles. The molecular weight excluding hydrogens is 141 g/mol. The molecule has 1 saturated heterocycles. The Morgan fingerprint density at radius 1 is 1.55 bits per heavy atom. The van der Waals surface area contributed by atoms with Crippen molar-refractivity contribution in [3.8, 4) is 0 Å². The minimum atomic E-state index is -1.000. The van der Waals surface area contributed by atoms with Crippen LogP contribution in [0.5, 0.6) is 0 Å². The lowest BCUT2D eigenvalue weighted by atomic mass is 9.89. The van der Waals surface area contributed by atoms with E-state index in [0.29, 0.717) is 6.42 Å². The van der Waals surface area contributed by atoms with E-state index >= 15 is 0 Å². The third kappa shape index (κ3) is 2.16. The third-order valence-electron chi connectivity index (χ3n) is 2.73. The van der Waals surface area contributed by atoms with E-state index in [9.17, 15) is 4.39 Å². The van der Waals surface area contributed by atoms with Gasteiger partial charge in [0.15, 0.2) is 0 Å². The number of rotatable bonds is 2. The first-order valence-electron chi connectivity index (χ1n) is 4.59. The summed E-state index contributed by atoms with van der Waals surface area (Å²) in [6, 6.07) is 0.0984. The van der Waals surface area contributed by atoms with Gasteiger partial charge in [0.25, 0.3) is 0 Å². The van der Waals surface area contributed by atoms with Gasteiger partial charge in [-0.25, -0.2) is 4.39 Å². The first-order valence-corrected chi connectivity index (χ1v) is 4.59. The van der Waals surface area contributed by atoms with Crippen molar-refractivity contribution in [2.45, 2.75) is 51.2 Å². The molecule has 1 nitrogen and oxygen atoms in total. The van der Waals surface area contributed by atoms with Crippen LogP contribution in [-0.2, 0) is 0 Å². The van der Waals surface area contributed by atoms with E-state index in [2.05, 4.69) is 5.32 Å². The van der Waals surface area contributed by atoms with E-state index in [4.69, 9.17) is 0 Å². The van der Waals surface area contributed by atoms with Gasteiger partial charge in [-0.3, -0.25) is 0 Å². The Bertz CT molecular complexity index is 117. The van der Waals surface area contributed by atoms with Crippen LogP contribution in [0.25, 0.3) is 0 Å². The lowest BCUT2D eigenvalue weighted by Crippen LogP contribution is -2.47. The van der Waals surface area contributed by atoms with E-state index in [1.165, 1.54) is 12.8 Å².